The Morgan fingerprint density at radius 2 is 0.877 bits per heavy atom. The van der Waals surface area contributed by atoms with Crippen LogP contribution in [0, 0.1) is 23.3 Å². The van der Waals surface area contributed by atoms with Crippen LogP contribution in [0.2, 0.25) is 5.15 Å². The minimum Gasteiger partial charge on any atom is -0.405 e. The van der Waals surface area contributed by atoms with Crippen molar-refractivity contribution >= 4 is 64.9 Å². The van der Waals surface area contributed by atoms with E-state index in [1.807, 2.05) is 73.6 Å². The summed E-state index contributed by atoms with van der Waals surface area (Å²) in [7, 11) is -0.952. The van der Waals surface area contributed by atoms with E-state index < -0.39 is 37.3 Å². The fraction of sp³-hybridized carbons (Fsp3) is 0.448. The fourth-order valence-electron chi connectivity index (χ4n) is 9.05. The third kappa shape index (κ3) is 15.8. The van der Waals surface area contributed by atoms with Crippen LogP contribution in [0.4, 0.5) is 29.5 Å². The molecule has 0 radical (unpaired) electrons. The van der Waals surface area contributed by atoms with Crippen molar-refractivity contribution in [1.82, 2.24) is 29.9 Å². The van der Waals surface area contributed by atoms with Gasteiger partial charge in [0.05, 0.1) is 55.8 Å². The average Bonchev–Trinajstić information content (AvgIpc) is 4.42. The Bertz CT molecular complexity index is 2990. The third-order valence-electron chi connectivity index (χ3n) is 15.1. The first-order valence-corrected chi connectivity index (χ1v) is 28.2. The van der Waals surface area contributed by atoms with Gasteiger partial charge in [-0.3, -0.25) is 15.0 Å². The minimum atomic E-state index is -0.573. The number of aromatic nitrogens is 6. The van der Waals surface area contributed by atoms with E-state index in [0.717, 1.165) is 59.0 Å². The van der Waals surface area contributed by atoms with Crippen molar-refractivity contribution in [3.63, 3.8) is 0 Å². The molecule has 2 saturated heterocycles. The first-order valence-electron chi connectivity index (χ1n) is 27.0. The van der Waals surface area contributed by atoms with Crippen LogP contribution in [0.1, 0.15) is 143 Å². The summed E-state index contributed by atoms with van der Waals surface area (Å²) in [5, 5.41) is 0.413. The molecule has 2 aromatic carbocycles. The Morgan fingerprint density at radius 3 is 1.21 bits per heavy atom. The van der Waals surface area contributed by atoms with Crippen LogP contribution in [-0.2, 0) is 39.0 Å². The molecule has 10 rings (SSSR count). The van der Waals surface area contributed by atoms with Gasteiger partial charge in [-0.05, 0) is 172 Å². The van der Waals surface area contributed by atoms with Gasteiger partial charge in [-0.25, -0.2) is 42.5 Å². The zero-order valence-corrected chi connectivity index (χ0v) is 51.8. The summed E-state index contributed by atoms with van der Waals surface area (Å²) < 4.78 is 80.3. The van der Waals surface area contributed by atoms with Crippen molar-refractivity contribution < 1.29 is 56.6 Å². The first-order chi connectivity index (χ1) is 37.9. The number of nitrogens with zero attached hydrogens (tertiary/aromatic N) is 10. The number of rotatable bonds is 12. The molecule has 6 aromatic rings. The predicted octanol–water partition coefficient (Wildman–Crippen LogP) is 13.7. The number of halogens is 6. The summed E-state index contributed by atoms with van der Waals surface area (Å²) in [5.74, 6) is -0.791. The molecule has 434 valence electrons. The second-order valence-electron chi connectivity index (χ2n) is 21.4. The summed E-state index contributed by atoms with van der Waals surface area (Å²) in [5.41, 5.74) is 2.90. The Morgan fingerprint density at radius 1 is 0.519 bits per heavy atom. The van der Waals surface area contributed by atoms with Crippen molar-refractivity contribution in [3.8, 4) is 11.3 Å². The topological polar surface area (TPSA) is 145 Å². The molecule has 0 spiro atoms. The molecule has 0 amide bonds. The van der Waals surface area contributed by atoms with Gasteiger partial charge in [-0.2, -0.15) is 0 Å². The maximum atomic E-state index is 14.0. The smallest absolute Gasteiger partial charge is 0.405 e. The number of pyridine rings is 2. The van der Waals surface area contributed by atoms with Crippen molar-refractivity contribution in [2.75, 3.05) is 36.0 Å². The molecule has 4 aliphatic heterocycles. The molecule has 0 bridgehead atoms. The van der Waals surface area contributed by atoms with E-state index in [2.05, 4.69) is 93.3 Å². The third-order valence-corrected chi connectivity index (χ3v) is 15.8. The van der Waals surface area contributed by atoms with E-state index in [1.165, 1.54) is 36.4 Å². The number of hydrogen-bond acceptors (Lipinski definition) is 14. The molecule has 81 heavy (non-hydrogen) atoms. The van der Waals surface area contributed by atoms with E-state index in [-0.39, 0.29) is 66.0 Å². The second kappa shape index (κ2) is 28.0. The quantitative estimate of drug-likeness (QED) is 0.0653. The van der Waals surface area contributed by atoms with Gasteiger partial charge in [0.25, 0.3) is 0 Å². The summed E-state index contributed by atoms with van der Waals surface area (Å²) in [6.07, 6.45) is 13.0. The van der Waals surface area contributed by atoms with Crippen LogP contribution in [-0.4, -0.2) is 104 Å². The van der Waals surface area contributed by atoms with E-state index in [0.29, 0.717) is 48.2 Å². The molecule has 14 nitrogen and oxygen atoms in total. The van der Waals surface area contributed by atoms with E-state index in [1.54, 1.807) is 43.2 Å². The number of hydrogen-bond donors (Lipinski definition) is 0. The van der Waals surface area contributed by atoms with Crippen molar-refractivity contribution in [2.45, 2.75) is 143 Å². The standard InChI is InChI=1S/C23H23F2N5.C15H11ClF2N2.C12H24B2O4.C8H12BrN3.Pd/c1-3-30(4-2)23-27-13-16(14-28-23)19-9-8-15(12-26-19)20-10-11-21(29-20)22-17(24)6-5-7-18(22)25;16-14-7-4-9(8-19-14)12-5-6-13(20-12)15-10(17)2-1-3-11(15)18;1-9(2)10(3,4)16-13(15-9)14-17-11(5,6)12(7,8)18-14;1-3-12(4-2)8-10-5-7(9)6-11-8;/h5-9,12-14,20H,3-4,10-11H2,1-2H3;1-4,7-8,12H,5-6H2;1-8H3;5-6H,3-4H2,1-2H3;. The van der Waals surface area contributed by atoms with Gasteiger partial charge < -0.3 is 28.4 Å². The van der Waals surface area contributed by atoms with Gasteiger partial charge >= 0.3 is 14.0 Å². The molecule has 2 fully saturated rings. The fourth-order valence-corrected chi connectivity index (χ4v) is 9.36. The van der Waals surface area contributed by atoms with Crippen LogP contribution in [0.3, 0.4) is 0 Å². The summed E-state index contributed by atoms with van der Waals surface area (Å²) in [4.78, 5) is 39.0. The minimum absolute atomic E-state index is 0. The predicted molar refractivity (Wildman–Crippen MR) is 313 cm³/mol. The van der Waals surface area contributed by atoms with Gasteiger partial charge in [0.1, 0.15) is 28.4 Å². The van der Waals surface area contributed by atoms with Gasteiger partial charge in [0, 0.05) is 101 Å². The van der Waals surface area contributed by atoms with Crippen LogP contribution in [0.25, 0.3) is 11.3 Å². The number of benzene rings is 2. The molecule has 23 heteroatoms. The van der Waals surface area contributed by atoms with Crippen LogP contribution in [0.15, 0.2) is 112 Å². The second-order valence-corrected chi connectivity index (χ2v) is 22.7. The Kier molecular flexibility index (Phi) is 22.5. The first kappa shape index (κ1) is 65.1. The molecule has 8 heterocycles. The molecule has 4 aromatic heterocycles. The van der Waals surface area contributed by atoms with Crippen molar-refractivity contribution in [3.05, 3.63) is 153 Å². The van der Waals surface area contributed by atoms with Crippen LogP contribution >= 0.6 is 27.5 Å². The van der Waals surface area contributed by atoms with Gasteiger partial charge in [-0.1, -0.05) is 35.9 Å². The van der Waals surface area contributed by atoms with Gasteiger partial charge in [-0.15, -0.1) is 0 Å². The monoisotopic (exact) mass is 1290 g/mol. The SMILES string of the molecule is CC1(C)OB(B2OC(C)(C)C(C)(C)O2)OC1(C)C.CCN(CC)c1ncc(-c2ccc(C3CCC(c4c(F)cccc4F)=N3)cn2)cn1.CCN(CC)c1ncc(Br)cn1.Fc1cccc(F)c1C1=NC(c2ccc(Cl)nc2)CC1.[Pd]. The zero-order valence-electron chi connectivity index (χ0n) is 47.9. The van der Waals surface area contributed by atoms with Crippen molar-refractivity contribution in [2.24, 2.45) is 9.98 Å². The molecule has 2 unspecified atom stereocenters. The van der Waals surface area contributed by atoms with Gasteiger partial charge in [0.15, 0.2) is 0 Å². The molecule has 2 atom stereocenters. The van der Waals surface area contributed by atoms with E-state index in [9.17, 15) is 17.6 Å². The van der Waals surface area contributed by atoms with E-state index in [4.69, 9.17) is 30.2 Å². The maximum Gasteiger partial charge on any atom is 0.488 e. The molecule has 0 aliphatic carbocycles. The summed E-state index contributed by atoms with van der Waals surface area (Å²) in [6.45, 7) is 28.1. The zero-order chi connectivity index (χ0) is 58.2. The largest absolute Gasteiger partial charge is 0.488 e. The maximum absolute atomic E-state index is 14.0. The Labute approximate surface area is 501 Å². The number of anilines is 2. The molecule has 0 saturated carbocycles. The van der Waals surface area contributed by atoms with Crippen molar-refractivity contribution in [1.29, 1.82) is 0 Å². The molecular formula is C58H70B2BrClF4N10O4Pd. The van der Waals surface area contributed by atoms with Crippen LogP contribution < -0.4 is 9.80 Å². The molecule has 4 aliphatic rings. The Hall–Kier alpha value is -5.04. The average molecular weight is 1290 g/mol. The molecular weight excluding hydrogens is 1220 g/mol. The van der Waals surface area contributed by atoms with E-state index >= 15 is 0 Å². The summed E-state index contributed by atoms with van der Waals surface area (Å²) >= 11 is 9.03. The normalized spacial score (nSPS) is 18.9. The summed E-state index contributed by atoms with van der Waals surface area (Å²) in [6, 6.07) is 14.9. The number of aliphatic imine (C=N–C) groups is 2. The Balaban J connectivity index is 0.000000182. The van der Waals surface area contributed by atoms with Gasteiger partial charge in [0.2, 0.25) is 11.9 Å². The molecule has 0 N–H and O–H groups in total. The van der Waals surface area contributed by atoms with Crippen LogP contribution in [0.5, 0.6) is 0 Å².